The summed E-state index contributed by atoms with van der Waals surface area (Å²) in [5.41, 5.74) is 1.48. The van der Waals surface area contributed by atoms with Crippen molar-refractivity contribution in [3.63, 3.8) is 0 Å². The summed E-state index contributed by atoms with van der Waals surface area (Å²) in [5.74, 6) is 0.938. The molecule has 0 aliphatic carbocycles. The molecule has 4 heteroatoms. The average molecular weight is 281 g/mol. The van der Waals surface area contributed by atoms with E-state index in [4.69, 9.17) is 27.9 Å². The lowest BCUT2D eigenvalue weighted by molar-refractivity contribution is 0.112. The highest BCUT2D eigenvalue weighted by Gasteiger charge is 2.08. The summed E-state index contributed by atoms with van der Waals surface area (Å²) >= 11 is 11.8. The molecule has 0 saturated carbocycles. The number of carbonyl (C=O) groups is 1. The van der Waals surface area contributed by atoms with Crippen molar-refractivity contribution in [2.75, 3.05) is 0 Å². The van der Waals surface area contributed by atoms with Crippen LogP contribution >= 0.6 is 23.2 Å². The maximum absolute atomic E-state index is 11.0. The molecule has 2 aromatic rings. The number of rotatable bonds is 3. The van der Waals surface area contributed by atoms with Crippen LogP contribution in [0.1, 0.15) is 15.9 Å². The molecule has 0 heterocycles. The SMILES string of the molecule is Cc1ccc(Oc2ccc(Cl)cc2Cl)c(C=O)c1. The Morgan fingerprint density at radius 2 is 1.78 bits per heavy atom. The first-order valence-electron chi connectivity index (χ1n) is 5.29. The van der Waals surface area contributed by atoms with Crippen molar-refractivity contribution in [1.29, 1.82) is 0 Å². The fraction of sp³-hybridized carbons (Fsp3) is 0.0714. The van der Waals surface area contributed by atoms with Crippen LogP contribution in [0.2, 0.25) is 10.0 Å². The molecular formula is C14H10Cl2O2. The first kappa shape index (κ1) is 12.9. The summed E-state index contributed by atoms with van der Waals surface area (Å²) in [6, 6.07) is 10.3. The summed E-state index contributed by atoms with van der Waals surface area (Å²) in [6.07, 6.45) is 0.756. The number of aryl methyl sites for hydroxylation is 1. The molecule has 0 aromatic heterocycles. The lowest BCUT2D eigenvalue weighted by Crippen LogP contribution is -1.91. The predicted molar refractivity (Wildman–Crippen MR) is 73.1 cm³/mol. The number of hydrogen-bond acceptors (Lipinski definition) is 2. The van der Waals surface area contributed by atoms with E-state index < -0.39 is 0 Å². The highest BCUT2D eigenvalue weighted by Crippen LogP contribution is 2.32. The fourth-order valence-electron chi connectivity index (χ4n) is 1.53. The molecule has 0 radical (unpaired) electrons. The van der Waals surface area contributed by atoms with Crippen LogP contribution in [0, 0.1) is 6.92 Å². The molecule has 0 unspecified atom stereocenters. The Balaban J connectivity index is 2.36. The summed E-state index contributed by atoms with van der Waals surface area (Å²) < 4.78 is 5.62. The van der Waals surface area contributed by atoms with Gasteiger partial charge in [-0.15, -0.1) is 0 Å². The lowest BCUT2D eigenvalue weighted by Gasteiger charge is -2.10. The van der Waals surface area contributed by atoms with E-state index in [0.29, 0.717) is 27.1 Å². The molecule has 0 amide bonds. The van der Waals surface area contributed by atoms with Gasteiger partial charge in [0, 0.05) is 5.02 Å². The predicted octanol–water partition coefficient (Wildman–Crippen LogP) is 4.91. The van der Waals surface area contributed by atoms with Crippen molar-refractivity contribution < 1.29 is 9.53 Å². The second-order valence-corrected chi connectivity index (χ2v) is 4.68. The van der Waals surface area contributed by atoms with Crippen LogP contribution in [0.25, 0.3) is 0 Å². The van der Waals surface area contributed by atoms with Crippen molar-refractivity contribution in [1.82, 2.24) is 0 Å². The van der Waals surface area contributed by atoms with Crippen LogP contribution in [0.15, 0.2) is 36.4 Å². The van der Waals surface area contributed by atoms with Crippen molar-refractivity contribution in [2.45, 2.75) is 6.92 Å². The zero-order valence-electron chi connectivity index (χ0n) is 9.61. The van der Waals surface area contributed by atoms with Crippen molar-refractivity contribution in [3.05, 3.63) is 57.6 Å². The van der Waals surface area contributed by atoms with Gasteiger partial charge >= 0.3 is 0 Å². The molecule has 0 aliphatic rings. The smallest absolute Gasteiger partial charge is 0.153 e. The fourth-order valence-corrected chi connectivity index (χ4v) is 1.98. The topological polar surface area (TPSA) is 26.3 Å². The summed E-state index contributed by atoms with van der Waals surface area (Å²) in [6.45, 7) is 1.91. The first-order valence-corrected chi connectivity index (χ1v) is 6.04. The van der Waals surface area contributed by atoms with Crippen LogP contribution in [-0.4, -0.2) is 6.29 Å². The normalized spacial score (nSPS) is 10.2. The van der Waals surface area contributed by atoms with Crippen LogP contribution in [0.5, 0.6) is 11.5 Å². The summed E-state index contributed by atoms with van der Waals surface area (Å²) in [7, 11) is 0. The molecule has 92 valence electrons. The van der Waals surface area contributed by atoms with Gasteiger partial charge in [0.2, 0.25) is 0 Å². The van der Waals surface area contributed by atoms with Gasteiger partial charge in [-0.25, -0.2) is 0 Å². The third-order valence-corrected chi connectivity index (χ3v) is 2.94. The van der Waals surface area contributed by atoms with Crippen molar-refractivity contribution in [2.24, 2.45) is 0 Å². The Morgan fingerprint density at radius 3 is 2.44 bits per heavy atom. The maximum Gasteiger partial charge on any atom is 0.153 e. The van der Waals surface area contributed by atoms with E-state index in [0.717, 1.165) is 11.8 Å². The summed E-state index contributed by atoms with van der Waals surface area (Å²) in [4.78, 5) is 11.0. The van der Waals surface area contributed by atoms with Crippen molar-refractivity contribution >= 4 is 29.5 Å². The van der Waals surface area contributed by atoms with E-state index in [9.17, 15) is 4.79 Å². The van der Waals surface area contributed by atoms with Gasteiger partial charge < -0.3 is 4.74 Å². The van der Waals surface area contributed by atoms with Gasteiger partial charge in [-0.1, -0.05) is 34.8 Å². The molecule has 2 aromatic carbocycles. The number of ether oxygens (including phenoxy) is 1. The minimum absolute atomic E-state index is 0.403. The number of carbonyl (C=O) groups excluding carboxylic acids is 1. The Bertz CT molecular complexity index is 594. The van der Waals surface area contributed by atoms with E-state index >= 15 is 0 Å². The lowest BCUT2D eigenvalue weighted by atomic mass is 10.1. The van der Waals surface area contributed by atoms with Crippen LogP contribution in [0.3, 0.4) is 0 Å². The highest BCUT2D eigenvalue weighted by atomic mass is 35.5. The second kappa shape index (κ2) is 5.42. The molecule has 0 fully saturated rings. The third-order valence-electron chi connectivity index (χ3n) is 2.41. The quantitative estimate of drug-likeness (QED) is 0.747. The number of aldehydes is 1. The van der Waals surface area contributed by atoms with Gasteiger partial charge in [0.25, 0.3) is 0 Å². The Morgan fingerprint density at radius 1 is 1.06 bits per heavy atom. The number of benzene rings is 2. The van der Waals surface area contributed by atoms with Gasteiger partial charge in [-0.3, -0.25) is 4.79 Å². The standard InChI is InChI=1S/C14H10Cl2O2/c1-9-2-4-13(10(6-9)8-17)18-14-5-3-11(15)7-12(14)16/h2-8H,1H3. The molecule has 0 spiro atoms. The second-order valence-electron chi connectivity index (χ2n) is 3.84. The van der Waals surface area contributed by atoms with Gasteiger partial charge in [0.1, 0.15) is 11.5 Å². The van der Waals surface area contributed by atoms with E-state index in [2.05, 4.69) is 0 Å². The van der Waals surface area contributed by atoms with Gasteiger partial charge in [0.05, 0.1) is 10.6 Å². The van der Waals surface area contributed by atoms with Gasteiger partial charge in [-0.05, 0) is 37.3 Å². The minimum Gasteiger partial charge on any atom is -0.455 e. The molecule has 2 rings (SSSR count). The van der Waals surface area contributed by atoms with E-state index in [-0.39, 0.29) is 0 Å². The molecule has 0 aliphatic heterocycles. The van der Waals surface area contributed by atoms with E-state index in [1.54, 1.807) is 30.3 Å². The molecule has 0 atom stereocenters. The zero-order chi connectivity index (χ0) is 13.1. The van der Waals surface area contributed by atoms with Gasteiger partial charge in [-0.2, -0.15) is 0 Å². The number of hydrogen-bond donors (Lipinski definition) is 0. The van der Waals surface area contributed by atoms with Crippen LogP contribution < -0.4 is 4.74 Å². The monoisotopic (exact) mass is 280 g/mol. The Kier molecular flexibility index (Phi) is 3.90. The third kappa shape index (κ3) is 2.84. The minimum atomic E-state index is 0.403. The molecule has 18 heavy (non-hydrogen) atoms. The zero-order valence-corrected chi connectivity index (χ0v) is 11.1. The molecule has 0 N–H and O–H groups in total. The molecule has 2 nitrogen and oxygen atoms in total. The van der Waals surface area contributed by atoms with Gasteiger partial charge in [0.15, 0.2) is 6.29 Å². The largest absolute Gasteiger partial charge is 0.455 e. The average Bonchev–Trinajstić information content (AvgIpc) is 2.34. The highest BCUT2D eigenvalue weighted by molar-refractivity contribution is 6.35. The molecule has 0 bridgehead atoms. The summed E-state index contributed by atoms with van der Waals surface area (Å²) in [5, 5.41) is 0.937. The van der Waals surface area contributed by atoms with E-state index in [1.807, 2.05) is 13.0 Å². The first-order chi connectivity index (χ1) is 8.60. The Labute approximate surface area is 115 Å². The molecule has 0 saturated heterocycles. The molecular weight excluding hydrogens is 271 g/mol. The Hall–Kier alpha value is -1.51. The van der Waals surface area contributed by atoms with Crippen molar-refractivity contribution in [3.8, 4) is 11.5 Å². The van der Waals surface area contributed by atoms with Crippen LogP contribution in [0.4, 0.5) is 0 Å². The number of halogens is 2. The maximum atomic E-state index is 11.0. The van der Waals surface area contributed by atoms with Crippen LogP contribution in [-0.2, 0) is 0 Å². The van der Waals surface area contributed by atoms with E-state index in [1.165, 1.54) is 0 Å².